The molecule has 11 heavy (non-hydrogen) atoms. The van der Waals surface area contributed by atoms with E-state index in [0.29, 0.717) is 5.41 Å². The molecule has 0 aromatic carbocycles. The maximum atomic E-state index is 3.74. The van der Waals surface area contributed by atoms with Gasteiger partial charge in [-0.2, -0.15) is 0 Å². The summed E-state index contributed by atoms with van der Waals surface area (Å²) in [4.78, 5) is 0. The third-order valence-electron chi connectivity index (χ3n) is 3.72. The number of rotatable bonds is 1. The van der Waals surface area contributed by atoms with E-state index >= 15 is 0 Å². The number of hydrogen-bond acceptors (Lipinski definition) is 1. The monoisotopic (exact) mass is 153 g/mol. The Morgan fingerprint density at radius 2 is 2.36 bits per heavy atom. The fraction of sp³-hybridized carbons (Fsp3) is 1.00. The number of nitrogens with one attached hydrogen (secondary N) is 1. The van der Waals surface area contributed by atoms with Gasteiger partial charge in [-0.05, 0) is 31.1 Å². The predicted octanol–water partition coefficient (Wildman–Crippen LogP) is 2.32. The first-order chi connectivity index (χ1) is 5.24. The standard InChI is InChI=1S/C10H19N/c1-3-8-7-10(2)6-4-5-9(10)11-8/h8-9,11H,3-7H2,1-2H3. The van der Waals surface area contributed by atoms with Crippen LogP contribution >= 0.6 is 0 Å². The number of fused-ring (bicyclic) bond motifs is 1. The van der Waals surface area contributed by atoms with E-state index in [9.17, 15) is 0 Å². The highest BCUT2D eigenvalue weighted by Crippen LogP contribution is 2.46. The smallest absolute Gasteiger partial charge is 0.0124 e. The zero-order chi connectivity index (χ0) is 7.90. The van der Waals surface area contributed by atoms with Crippen LogP contribution in [0.15, 0.2) is 0 Å². The van der Waals surface area contributed by atoms with E-state index < -0.39 is 0 Å². The summed E-state index contributed by atoms with van der Waals surface area (Å²) in [5, 5.41) is 3.74. The zero-order valence-corrected chi connectivity index (χ0v) is 7.69. The van der Waals surface area contributed by atoms with Gasteiger partial charge in [0.25, 0.3) is 0 Å². The second kappa shape index (κ2) is 2.48. The van der Waals surface area contributed by atoms with Gasteiger partial charge in [0.05, 0.1) is 0 Å². The van der Waals surface area contributed by atoms with Crippen LogP contribution in [-0.2, 0) is 0 Å². The van der Waals surface area contributed by atoms with Crippen LogP contribution < -0.4 is 5.32 Å². The van der Waals surface area contributed by atoms with Crippen LogP contribution in [0, 0.1) is 5.41 Å². The average molecular weight is 153 g/mol. The molecule has 3 atom stereocenters. The van der Waals surface area contributed by atoms with E-state index in [0.717, 1.165) is 12.1 Å². The fourth-order valence-electron chi connectivity index (χ4n) is 2.93. The second-order valence-electron chi connectivity index (χ2n) is 4.57. The molecule has 2 fully saturated rings. The molecule has 1 aliphatic carbocycles. The van der Waals surface area contributed by atoms with Crippen LogP contribution in [0.5, 0.6) is 0 Å². The molecule has 1 aliphatic heterocycles. The maximum absolute atomic E-state index is 3.74. The molecule has 0 aromatic rings. The molecule has 0 radical (unpaired) electrons. The molecule has 0 bridgehead atoms. The molecular formula is C10H19N. The van der Waals surface area contributed by atoms with Crippen LogP contribution in [0.4, 0.5) is 0 Å². The van der Waals surface area contributed by atoms with Crippen LogP contribution in [0.1, 0.15) is 46.0 Å². The van der Waals surface area contributed by atoms with E-state index in [2.05, 4.69) is 19.2 Å². The Balaban J connectivity index is 2.06. The van der Waals surface area contributed by atoms with E-state index in [-0.39, 0.29) is 0 Å². The molecule has 1 heterocycles. The lowest BCUT2D eigenvalue weighted by molar-refractivity contribution is 0.321. The lowest BCUT2D eigenvalue weighted by atomic mass is 9.83. The lowest BCUT2D eigenvalue weighted by Gasteiger charge is -2.21. The van der Waals surface area contributed by atoms with Crippen LogP contribution in [0.3, 0.4) is 0 Å². The third kappa shape index (κ3) is 1.10. The first kappa shape index (κ1) is 7.60. The third-order valence-corrected chi connectivity index (χ3v) is 3.72. The lowest BCUT2D eigenvalue weighted by Crippen LogP contribution is -2.31. The minimum absolute atomic E-state index is 0.667. The normalized spacial score (nSPS) is 49.6. The van der Waals surface area contributed by atoms with Crippen molar-refractivity contribution in [3.63, 3.8) is 0 Å². The van der Waals surface area contributed by atoms with Gasteiger partial charge in [0.15, 0.2) is 0 Å². The van der Waals surface area contributed by atoms with E-state index in [1.807, 2.05) is 0 Å². The molecule has 1 N–H and O–H groups in total. The topological polar surface area (TPSA) is 12.0 Å². The first-order valence-corrected chi connectivity index (χ1v) is 5.00. The summed E-state index contributed by atoms with van der Waals surface area (Å²) in [6.07, 6.45) is 7.07. The molecule has 0 spiro atoms. The molecule has 1 heteroatoms. The summed E-state index contributed by atoms with van der Waals surface area (Å²) >= 11 is 0. The average Bonchev–Trinajstić information content (AvgIpc) is 2.42. The second-order valence-corrected chi connectivity index (χ2v) is 4.57. The van der Waals surface area contributed by atoms with Gasteiger partial charge in [-0.1, -0.05) is 20.3 Å². The van der Waals surface area contributed by atoms with Crippen molar-refractivity contribution in [2.45, 2.75) is 58.0 Å². The van der Waals surface area contributed by atoms with Gasteiger partial charge >= 0.3 is 0 Å². The summed E-state index contributed by atoms with van der Waals surface area (Å²) in [5.74, 6) is 0. The van der Waals surface area contributed by atoms with Crippen molar-refractivity contribution in [3.8, 4) is 0 Å². The van der Waals surface area contributed by atoms with Gasteiger partial charge in [0, 0.05) is 12.1 Å². The molecule has 0 aromatic heterocycles. The quantitative estimate of drug-likeness (QED) is 0.609. The highest BCUT2D eigenvalue weighted by molar-refractivity contribution is 5.02. The Morgan fingerprint density at radius 3 is 3.00 bits per heavy atom. The summed E-state index contributed by atoms with van der Waals surface area (Å²) in [5.41, 5.74) is 0.667. The highest BCUT2D eigenvalue weighted by Gasteiger charge is 2.45. The SMILES string of the molecule is CCC1CC2(C)CCCC2N1. The molecular weight excluding hydrogens is 134 g/mol. The Hall–Kier alpha value is -0.0400. The van der Waals surface area contributed by atoms with Gasteiger partial charge in [-0.3, -0.25) is 0 Å². The van der Waals surface area contributed by atoms with Crippen molar-refractivity contribution in [2.75, 3.05) is 0 Å². The van der Waals surface area contributed by atoms with E-state index in [1.165, 1.54) is 32.1 Å². The van der Waals surface area contributed by atoms with Crippen molar-refractivity contribution in [1.29, 1.82) is 0 Å². The van der Waals surface area contributed by atoms with Gasteiger partial charge in [0.1, 0.15) is 0 Å². The Labute approximate surface area is 69.6 Å². The minimum atomic E-state index is 0.667. The van der Waals surface area contributed by atoms with Crippen molar-refractivity contribution in [1.82, 2.24) is 5.32 Å². The van der Waals surface area contributed by atoms with Crippen LogP contribution in [-0.4, -0.2) is 12.1 Å². The van der Waals surface area contributed by atoms with Gasteiger partial charge < -0.3 is 5.32 Å². The number of hydrogen-bond donors (Lipinski definition) is 1. The highest BCUT2D eigenvalue weighted by atomic mass is 15.0. The Morgan fingerprint density at radius 1 is 1.55 bits per heavy atom. The minimum Gasteiger partial charge on any atom is -0.311 e. The van der Waals surface area contributed by atoms with Crippen LogP contribution in [0.2, 0.25) is 0 Å². The first-order valence-electron chi connectivity index (χ1n) is 5.00. The summed E-state index contributed by atoms with van der Waals surface area (Å²) < 4.78 is 0. The molecule has 1 nitrogen and oxygen atoms in total. The van der Waals surface area contributed by atoms with Crippen molar-refractivity contribution >= 4 is 0 Å². The molecule has 1 saturated carbocycles. The van der Waals surface area contributed by atoms with Crippen molar-refractivity contribution in [3.05, 3.63) is 0 Å². The van der Waals surface area contributed by atoms with Gasteiger partial charge in [-0.25, -0.2) is 0 Å². The summed E-state index contributed by atoms with van der Waals surface area (Å²) in [6, 6.07) is 1.68. The largest absolute Gasteiger partial charge is 0.311 e. The van der Waals surface area contributed by atoms with E-state index in [1.54, 1.807) is 0 Å². The van der Waals surface area contributed by atoms with Crippen molar-refractivity contribution in [2.24, 2.45) is 5.41 Å². The summed E-state index contributed by atoms with van der Waals surface area (Å²) in [7, 11) is 0. The van der Waals surface area contributed by atoms with Gasteiger partial charge in [-0.15, -0.1) is 0 Å². The molecule has 3 unspecified atom stereocenters. The fourth-order valence-corrected chi connectivity index (χ4v) is 2.93. The van der Waals surface area contributed by atoms with Gasteiger partial charge in [0.2, 0.25) is 0 Å². The molecule has 1 saturated heterocycles. The molecule has 2 rings (SSSR count). The molecule has 64 valence electrons. The zero-order valence-electron chi connectivity index (χ0n) is 7.69. The molecule has 0 amide bonds. The summed E-state index contributed by atoms with van der Waals surface area (Å²) in [6.45, 7) is 4.76. The van der Waals surface area contributed by atoms with Crippen LogP contribution in [0.25, 0.3) is 0 Å². The Kier molecular flexibility index (Phi) is 1.71. The molecule has 2 aliphatic rings. The van der Waals surface area contributed by atoms with E-state index in [4.69, 9.17) is 0 Å². The maximum Gasteiger partial charge on any atom is 0.0124 e. The Bertz CT molecular complexity index is 155. The van der Waals surface area contributed by atoms with Crippen molar-refractivity contribution < 1.29 is 0 Å². The predicted molar refractivity (Wildman–Crippen MR) is 47.6 cm³/mol.